The molecule has 4 aromatic rings. The van der Waals surface area contributed by atoms with Crippen LogP contribution in [-0.2, 0) is 0 Å². The number of hydrogen-bond donors (Lipinski definition) is 1. The van der Waals surface area contributed by atoms with E-state index in [0.717, 1.165) is 5.39 Å². The third kappa shape index (κ3) is 5.22. The van der Waals surface area contributed by atoms with Gasteiger partial charge in [0.2, 0.25) is 0 Å². The van der Waals surface area contributed by atoms with E-state index in [4.69, 9.17) is 14.6 Å². The zero-order chi connectivity index (χ0) is 24.1. The quantitative estimate of drug-likeness (QED) is 0.148. The SMILES string of the molecule is CCC[CH2][Sn]([CH2]CCC)([CH2]CCC)[c]1ccc2oc(-c3cc4ccc(N)cc4o3)cc(=O)c2c1. The standard InChI is InChI=1S/C17H10NO3.3C4H9.Sn/c18-11-6-5-10-7-16(21-15(10)8-11)17-9-13(19)12-3-1-2-4-14(12)20-17;3*1-3-4-2;/h2-9H,18H2;3*1,3-4H2,2H3;. The summed E-state index contributed by atoms with van der Waals surface area (Å²) in [7, 11) is 0. The average Bonchev–Trinajstić information content (AvgIpc) is 3.27. The van der Waals surface area contributed by atoms with Gasteiger partial charge >= 0.3 is 207 Å². The van der Waals surface area contributed by atoms with Gasteiger partial charge in [-0.3, -0.25) is 0 Å². The predicted octanol–water partition coefficient (Wildman–Crippen LogP) is 7.84. The molecule has 0 aliphatic rings. The van der Waals surface area contributed by atoms with Gasteiger partial charge in [0.05, 0.1) is 0 Å². The van der Waals surface area contributed by atoms with Gasteiger partial charge in [0.25, 0.3) is 0 Å². The van der Waals surface area contributed by atoms with Crippen molar-refractivity contribution in [3.05, 3.63) is 58.8 Å². The van der Waals surface area contributed by atoms with Gasteiger partial charge in [0, 0.05) is 0 Å². The number of rotatable bonds is 11. The van der Waals surface area contributed by atoms with E-state index in [2.05, 4.69) is 32.9 Å². The Hall–Kier alpha value is -2.21. The van der Waals surface area contributed by atoms with Crippen LogP contribution in [0.15, 0.2) is 62.2 Å². The fourth-order valence-electron chi connectivity index (χ4n) is 5.13. The molecule has 2 aromatic carbocycles. The Kier molecular flexibility index (Phi) is 8.07. The van der Waals surface area contributed by atoms with Crippen molar-refractivity contribution in [3.8, 4) is 11.5 Å². The van der Waals surface area contributed by atoms with Crippen molar-refractivity contribution in [1.29, 1.82) is 0 Å². The zero-order valence-electron chi connectivity index (χ0n) is 20.8. The van der Waals surface area contributed by atoms with Crippen molar-refractivity contribution in [1.82, 2.24) is 0 Å². The van der Waals surface area contributed by atoms with Crippen molar-refractivity contribution in [3.63, 3.8) is 0 Å². The van der Waals surface area contributed by atoms with Crippen molar-refractivity contribution in [2.45, 2.75) is 72.6 Å². The molecule has 5 heteroatoms. The van der Waals surface area contributed by atoms with Crippen LogP contribution in [-0.4, -0.2) is 18.4 Å². The number of anilines is 1. The second-order valence-electron chi connectivity index (χ2n) is 9.68. The van der Waals surface area contributed by atoms with Crippen LogP contribution in [0.5, 0.6) is 0 Å². The van der Waals surface area contributed by atoms with Gasteiger partial charge in [-0.25, -0.2) is 0 Å². The molecule has 0 fully saturated rings. The number of unbranched alkanes of at least 4 members (excludes halogenated alkanes) is 3. The Bertz CT molecular complexity index is 1300. The van der Waals surface area contributed by atoms with Crippen LogP contribution in [0.1, 0.15) is 59.3 Å². The maximum atomic E-state index is 13.3. The summed E-state index contributed by atoms with van der Waals surface area (Å²) in [5, 5.41) is 1.64. The summed E-state index contributed by atoms with van der Waals surface area (Å²) in [6, 6.07) is 15.5. The summed E-state index contributed by atoms with van der Waals surface area (Å²) >= 11 is -2.62. The molecule has 0 aliphatic heterocycles. The first-order valence-electron chi connectivity index (χ1n) is 12.9. The molecule has 2 N–H and O–H groups in total. The van der Waals surface area contributed by atoms with Crippen molar-refractivity contribution in [2.24, 2.45) is 0 Å². The summed E-state index contributed by atoms with van der Waals surface area (Å²) < 4.78 is 17.8. The van der Waals surface area contributed by atoms with E-state index < -0.39 is 18.4 Å². The Morgan fingerprint density at radius 2 is 1.35 bits per heavy atom. The minimum absolute atomic E-state index is 0.000248. The molecule has 180 valence electrons. The molecule has 0 saturated carbocycles. The first kappa shape index (κ1) is 24.9. The van der Waals surface area contributed by atoms with Crippen LogP contribution >= 0.6 is 0 Å². The van der Waals surface area contributed by atoms with Gasteiger partial charge in [-0.2, -0.15) is 0 Å². The fraction of sp³-hybridized carbons (Fsp3) is 0.414. The summed E-state index contributed by atoms with van der Waals surface area (Å²) in [5.41, 5.74) is 7.85. The Balaban J connectivity index is 1.77. The fourth-order valence-corrected chi connectivity index (χ4v) is 21.1. The number of benzene rings is 2. The van der Waals surface area contributed by atoms with Gasteiger partial charge in [-0.1, -0.05) is 0 Å². The second-order valence-corrected chi connectivity index (χ2v) is 22.9. The maximum absolute atomic E-state index is 13.3. The van der Waals surface area contributed by atoms with Crippen LogP contribution in [0.4, 0.5) is 5.69 Å². The first-order chi connectivity index (χ1) is 16.5. The van der Waals surface area contributed by atoms with Gasteiger partial charge in [0.15, 0.2) is 0 Å². The van der Waals surface area contributed by atoms with E-state index in [1.54, 1.807) is 12.1 Å². The number of fused-ring (bicyclic) bond motifs is 2. The van der Waals surface area contributed by atoms with Crippen LogP contribution in [0.3, 0.4) is 0 Å². The van der Waals surface area contributed by atoms with Crippen molar-refractivity contribution in [2.75, 3.05) is 5.73 Å². The topological polar surface area (TPSA) is 69.4 Å². The monoisotopic (exact) mass is 567 g/mol. The van der Waals surface area contributed by atoms with Crippen LogP contribution in [0, 0.1) is 0 Å². The van der Waals surface area contributed by atoms with Gasteiger partial charge in [0.1, 0.15) is 0 Å². The first-order valence-corrected chi connectivity index (χ1v) is 20.4. The molecule has 0 spiro atoms. The van der Waals surface area contributed by atoms with Crippen LogP contribution in [0.2, 0.25) is 13.3 Å². The third-order valence-electron chi connectivity index (χ3n) is 7.15. The molecular formula is C29H37NO3Sn. The van der Waals surface area contributed by atoms with Crippen molar-refractivity contribution >= 4 is 49.6 Å². The number of nitrogen functional groups attached to an aromatic ring is 1. The molecule has 4 nitrogen and oxygen atoms in total. The molecule has 0 bridgehead atoms. The molecule has 4 rings (SSSR count). The average molecular weight is 566 g/mol. The molecule has 0 unspecified atom stereocenters. The third-order valence-corrected chi connectivity index (χ3v) is 22.8. The molecule has 34 heavy (non-hydrogen) atoms. The van der Waals surface area contributed by atoms with E-state index in [-0.39, 0.29) is 5.43 Å². The molecule has 0 atom stereocenters. The van der Waals surface area contributed by atoms with Gasteiger partial charge in [-0.05, 0) is 0 Å². The normalized spacial score (nSPS) is 12.1. The van der Waals surface area contributed by atoms with Gasteiger partial charge in [-0.15, -0.1) is 0 Å². The van der Waals surface area contributed by atoms with Crippen molar-refractivity contribution < 1.29 is 8.83 Å². The molecule has 2 heterocycles. The van der Waals surface area contributed by atoms with Crippen LogP contribution < -0.4 is 14.7 Å². The summed E-state index contributed by atoms with van der Waals surface area (Å²) in [5.74, 6) is 1.00. The zero-order valence-corrected chi connectivity index (χ0v) is 23.6. The Morgan fingerprint density at radius 3 is 2.00 bits per heavy atom. The van der Waals surface area contributed by atoms with E-state index in [9.17, 15) is 4.79 Å². The minimum atomic E-state index is -2.62. The van der Waals surface area contributed by atoms with Crippen LogP contribution in [0.25, 0.3) is 33.5 Å². The van der Waals surface area contributed by atoms with E-state index in [0.29, 0.717) is 33.8 Å². The number of hydrogen-bond acceptors (Lipinski definition) is 4. The second kappa shape index (κ2) is 11.0. The number of nitrogens with two attached hydrogens (primary N) is 1. The molecular weight excluding hydrogens is 529 g/mol. The van der Waals surface area contributed by atoms with Gasteiger partial charge < -0.3 is 0 Å². The summed E-state index contributed by atoms with van der Waals surface area (Å²) in [4.78, 5) is 13.3. The predicted molar refractivity (Wildman–Crippen MR) is 147 cm³/mol. The molecule has 0 aliphatic carbocycles. The summed E-state index contributed by atoms with van der Waals surface area (Å²) in [6.07, 6.45) is 7.60. The molecule has 2 aromatic heterocycles. The van der Waals surface area contributed by atoms with E-state index >= 15 is 0 Å². The van der Waals surface area contributed by atoms with E-state index in [1.807, 2.05) is 24.3 Å². The Labute approximate surface area is 206 Å². The molecule has 0 amide bonds. The molecule has 0 radical (unpaired) electrons. The number of furan rings is 1. The molecule has 0 saturated heterocycles. The van der Waals surface area contributed by atoms with E-state index in [1.165, 1.54) is 55.4 Å². The Morgan fingerprint density at radius 1 is 0.735 bits per heavy atom. The summed E-state index contributed by atoms with van der Waals surface area (Å²) in [6.45, 7) is 6.87.